The summed E-state index contributed by atoms with van der Waals surface area (Å²) in [6.45, 7) is -1.80. The van der Waals surface area contributed by atoms with Gasteiger partial charge in [0.25, 0.3) is 11.8 Å². The Hall–Kier alpha value is -1.08. The molecule has 3 N–H and O–H groups in total. The van der Waals surface area contributed by atoms with Gasteiger partial charge in [0.05, 0.1) is 18.7 Å². The number of carbonyl (C=O) groups is 1. The molecule has 1 aromatic rings. The molecule has 3 nitrogen and oxygen atoms in total. The molecule has 0 spiro atoms. The number of rotatable bonds is 4. The van der Waals surface area contributed by atoms with E-state index >= 15 is 0 Å². The highest BCUT2D eigenvalue weighted by Gasteiger charge is 2.27. The molecule has 1 rings (SSSR count). The Morgan fingerprint density at radius 1 is 1.47 bits per heavy atom. The van der Waals surface area contributed by atoms with Crippen molar-refractivity contribution in [1.29, 1.82) is 0 Å². The maximum Gasteiger partial charge on any atom is 0.277 e. The highest BCUT2D eigenvalue weighted by atomic mass is 79.9. The fourth-order valence-electron chi connectivity index (χ4n) is 1.05. The molecule has 0 aliphatic heterocycles. The number of hydrogen-bond donors (Lipinski definition) is 2. The van der Waals surface area contributed by atoms with E-state index in [9.17, 15) is 18.0 Å². The van der Waals surface area contributed by atoms with Crippen LogP contribution in [0, 0.1) is 5.82 Å². The number of nitrogens with one attached hydrogen (secondary N) is 1. The van der Waals surface area contributed by atoms with Gasteiger partial charge in [-0.15, -0.1) is 0 Å². The van der Waals surface area contributed by atoms with Crippen LogP contribution >= 0.6 is 15.9 Å². The molecule has 0 bridgehead atoms. The summed E-state index contributed by atoms with van der Waals surface area (Å²) in [6, 6.07) is 3.69. The summed E-state index contributed by atoms with van der Waals surface area (Å²) in [6.07, 6.45) is 0. The molecule has 0 radical (unpaired) electrons. The van der Waals surface area contributed by atoms with Gasteiger partial charge in [-0.05, 0) is 18.2 Å². The molecule has 1 aromatic carbocycles. The van der Waals surface area contributed by atoms with Crippen LogP contribution in [0.3, 0.4) is 0 Å². The maximum atomic E-state index is 13.2. The third-order valence-electron chi connectivity index (χ3n) is 1.98. The van der Waals surface area contributed by atoms with Gasteiger partial charge in [-0.2, -0.15) is 0 Å². The third-order valence-corrected chi connectivity index (χ3v) is 2.47. The monoisotopic (exact) mass is 310 g/mol. The van der Waals surface area contributed by atoms with Gasteiger partial charge in [0.2, 0.25) is 0 Å². The summed E-state index contributed by atoms with van der Waals surface area (Å²) in [5, 5.41) is 1.93. The summed E-state index contributed by atoms with van der Waals surface area (Å²) in [5.41, 5.74) is 4.50. The molecule has 0 saturated carbocycles. The number of halogens is 4. The Morgan fingerprint density at radius 2 is 2.12 bits per heavy atom. The molecule has 0 aliphatic rings. The van der Waals surface area contributed by atoms with Crippen LogP contribution < -0.4 is 11.1 Å². The summed E-state index contributed by atoms with van der Waals surface area (Å²) in [5.74, 6) is -4.88. The van der Waals surface area contributed by atoms with Crippen molar-refractivity contribution in [1.82, 2.24) is 5.32 Å². The van der Waals surface area contributed by atoms with Crippen molar-refractivity contribution in [3.63, 3.8) is 0 Å². The predicted molar refractivity (Wildman–Crippen MR) is 60.4 cm³/mol. The van der Waals surface area contributed by atoms with Gasteiger partial charge in [-0.1, -0.05) is 15.9 Å². The first-order chi connectivity index (χ1) is 7.85. The van der Waals surface area contributed by atoms with Crippen LogP contribution in [0.1, 0.15) is 10.4 Å². The first-order valence-corrected chi connectivity index (χ1v) is 5.46. The molecule has 0 atom stereocenters. The smallest absolute Gasteiger partial charge is 0.277 e. The van der Waals surface area contributed by atoms with Gasteiger partial charge in [0, 0.05) is 4.47 Å². The van der Waals surface area contributed by atoms with Crippen molar-refractivity contribution in [2.45, 2.75) is 5.92 Å². The molecule has 1 amide bonds. The standard InChI is InChI=1S/C10H10BrF3N2O/c11-6-1-2-8(12)7(3-6)9(17)16-5-10(13,14)4-15/h1-3H,4-5,15H2,(H,16,17). The van der Waals surface area contributed by atoms with Crippen molar-refractivity contribution in [2.75, 3.05) is 13.1 Å². The van der Waals surface area contributed by atoms with E-state index in [4.69, 9.17) is 5.73 Å². The first kappa shape index (κ1) is 14.0. The van der Waals surface area contributed by atoms with Gasteiger partial charge in [0.15, 0.2) is 0 Å². The van der Waals surface area contributed by atoms with Crippen LogP contribution in [-0.4, -0.2) is 24.9 Å². The highest BCUT2D eigenvalue weighted by Crippen LogP contribution is 2.16. The molecular weight excluding hydrogens is 301 g/mol. The number of hydrogen-bond acceptors (Lipinski definition) is 2. The van der Waals surface area contributed by atoms with E-state index < -0.39 is 30.7 Å². The fourth-order valence-corrected chi connectivity index (χ4v) is 1.41. The van der Waals surface area contributed by atoms with E-state index in [-0.39, 0.29) is 5.56 Å². The second kappa shape index (κ2) is 5.50. The Labute approximate surface area is 104 Å². The van der Waals surface area contributed by atoms with Crippen LogP contribution in [-0.2, 0) is 0 Å². The van der Waals surface area contributed by atoms with Gasteiger partial charge in [0.1, 0.15) is 5.82 Å². The molecule has 0 aliphatic carbocycles. The van der Waals surface area contributed by atoms with Crippen molar-refractivity contribution in [3.8, 4) is 0 Å². The lowest BCUT2D eigenvalue weighted by molar-refractivity contribution is 0.0118. The minimum absolute atomic E-state index is 0.299. The summed E-state index contributed by atoms with van der Waals surface area (Å²) >= 11 is 3.05. The van der Waals surface area contributed by atoms with Gasteiger partial charge >= 0.3 is 0 Å². The van der Waals surface area contributed by atoms with E-state index in [1.54, 1.807) is 0 Å². The predicted octanol–water partition coefficient (Wildman–Crippen LogP) is 1.91. The summed E-state index contributed by atoms with van der Waals surface area (Å²) < 4.78 is 39.2. The molecule has 0 unspecified atom stereocenters. The van der Waals surface area contributed by atoms with E-state index in [1.165, 1.54) is 12.1 Å². The normalized spacial score (nSPS) is 11.4. The Morgan fingerprint density at radius 3 is 2.71 bits per heavy atom. The minimum atomic E-state index is -3.20. The van der Waals surface area contributed by atoms with Crippen molar-refractivity contribution >= 4 is 21.8 Å². The molecule has 0 fully saturated rings. The largest absolute Gasteiger partial charge is 0.346 e. The number of amides is 1. The maximum absolute atomic E-state index is 13.2. The van der Waals surface area contributed by atoms with Gasteiger partial charge < -0.3 is 11.1 Å². The van der Waals surface area contributed by atoms with E-state index in [2.05, 4.69) is 15.9 Å². The minimum Gasteiger partial charge on any atom is -0.346 e. The number of carbonyl (C=O) groups excluding carboxylic acids is 1. The average Bonchev–Trinajstić information content (AvgIpc) is 2.29. The second-order valence-electron chi connectivity index (χ2n) is 3.37. The van der Waals surface area contributed by atoms with Gasteiger partial charge in [-0.25, -0.2) is 13.2 Å². The number of nitrogens with two attached hydrogens (primary N) is 1. The Bertz CT molecular complexity index is 426. The van der Waals surface area contributed by atoms with Crippen LogP contribution in [0.4, 0.5) is 13.2 Å². The van der Waals surface area contributed by atoms with Crippen molar-refractivity contribution in [2.24, 2.45) is 5.73 Å². The van der Waals surface area contributed by atoms with Crippen molar-refractivity contribution < 1.29 is 18.0 Å². The SMILES string of the molecule is NCC(F)(F)CNC(=O)c1cc(Br)ccc1F. The molecule has 7 heteroatoms. The zero-order valence-electron chi connectivity index (χ0n) is 8.64. The molecule has 0 heterocycles. The zero-order chi connectivity index (χ0) is 13.1. The number of alkyl halides is 2. The quantitative estimate of drug-likeness (QED) is 0.892. The summed E-state index contributed by atoms with van der Waals surface area (Å²) in [7, 11) is 0. The summed E-state index contributed by atoms with van der Waals surface area (Å²) in [4.78, 5) is 11.4. The second-order valence-corrected chi connectivity index (χ2v) is 4.28. The van der Waals surface area contributed by atoms with E-state index in [0.29, 0.717) is 4.47 Å². The topological polar surface area (TPSA) is 55.1 Å². The average molecular weight is 311 g/mol. The van der Waals surface area contributed by atoms with Crippen LogP contribution in [0.2, 0.25) is 0 Å². The molecule has 0 aromatic heterocycles. The Kier molecular flexibility index (Phi) is 4.53. The van der Waals surface area contributed by atoms with E-state index in [0.717, 1.165) is 6.07 Å². The Balaban J connectivity index is 2.74. The van der Waals surface area contributed by atoms with Crippen LogP contribution in [0.5, 0.6) is 0 Å². The highest BCUT2D eigenvalue weighted by molar-refractivity contribution is 9.10. The lowest BCUT2D eigenvalue weighted by atomic mass is 10.2. The van der Waals surface area contributed by atoms with E-state index in [1.807, 2.05) is 5.32 Å². The molecule has 94 valence electrons. The third kappa shape index (κ3) is 4.01. The zero-order valence-corrected chi connectivity index (χ0v) is 10.2. The lowest BCUT2D eigenvalue weighted by Gasteiger charge is -2.14. The molecular formula is C10H10BrF3N2O. The van der Waals surface area contributed by atoms with Gasteiger partial charge in [-0.3, -0.25) is 4.79 Å². The number of benzene rings is 1. The molecule has 17 heavy (non-hydrogen) atoms. The molecule has 0 saturated heterocycles. The van der Waals surface area contributed by atoms with Crippen molar-refractivity contribution in [3.05, 3.63) is 34.1 Å². The fraction of sp³-hybridized carbons (Fsp3) is 0.300. The first-order valence-electron chi connectivity index (χ1n) is 4.67. The van der Waals surface area contributed by atoms with Crippen LogP contribution in [0.15, 0.2) is 22.7 Å². The van der Waals surface area contributed by atoms with Crippen LogP contribution in [0.25, 0.3) is 0 Å². The lowest BCUT2D eigenvalue weighted by Crippen LogP contribution is -2.41.